The van der Waals surface area contributed by atoms with Crippen molar-refractivity contribution in [3.63, 3.8) is 0 Å². The molecule has 102 valence electrons. The van der Waals surface area contributed by atoms with Gasteiger partial charge in [0, 0.05) is 19.0 Å². The van der Waals surface area contributed by atoms with E-state index in [1.165, 1.54) is 6.07 Å². The molecule has 0 atom stereocenters. The second-order valence-electron chi connectivity index (χ2n) is 4.70. The van der Waals surface area contributed by atoms with E-state index in [-0.39, 0.29) is 29.8 Å². The SMILES string of the molecule is CC(C)NC(=O)CCn1c(N)nc2c(F)cccc21. The predicted octanol–water partition coefficient (Wildman–Crippen LogP) is 1.67. The highest BCUT2D eigenvalue weighted by Crippen LogP contribution is 2.20. The van der Waals surface area contributed by atoms with E-state index in [1.54, 1.807) is 16.7 Å². The molecule has 1 amide bonds. The van der Waals surface area contributed by atoms with Gasteiger partial charge in [-0.15, -0.1) is 0 Å². The molecule has 2 rings (SSSR count). The van der Waals surface area contributed by atoms with E-state index in [0.29, 0.717) is 12.1 Å². The Bertz CT molecular complexity index is 606. The van der Waals surface area contributed by atoms with Gasteiger partial charge in [0.2, 0.25) is 11.9 Å². The van der Waals surface area contributed by atoms with Crippen molar-refractivity contribution < 1.29 is 9.18 Å². The first-order chi connectivity index (χ1) is 8.99. The molecule has 1 aromatic heterocycles. The molecular weight excluding hydrogens is 247 g/mol. The third kappa shape index (κ3) is 2.83. The zero-order chi connectivity index (χ0) is 14.0. The molecule has 3 N–H and O–H groups in total. The zero-order valence-corrected chi connectivity index (χ0v) is 11.0. The maximum atomic E-state index is 13.5. The van der Waals surface area contributed by atoms with E-state index >= 15 is 0 Å². The summed E-state index contributed by atoms with van der Waals surface area (Å²) < 4.78 is 15.2. The lowest BCUT2D eigenvalue weighted by atomic mass is 10.3. The first-order valence-corrected chi connectivity index (χ1v) is 6.18. The molecule has 1 heterocycles. The predicted molar refractivity (Wildman–Crippen MR) is 72.0 cm³/mol. The zero-order valence-electron chi connectivity index (χ0n) is 11.0. The van der Waals surface area contributed by atoms with E-state index in [9.17, 15) is 9.18 Å². The number of aromatic nitrogens is 2. The van der Waals surface area contributed by atoms with E-state index in [4.69, 9.17) is 5.73 Å². The molecule has 0 saturated heterocycles. The van der Waals surface area contributed by atoms with Gasteiger partial charge in [-0.25, -0.2) is 9.37 Å². The topological polar surface area (TPSA) is 72.9 Å². The van der Waals surface area contributed by atoms with Crippen molar-refractivity contribution in [3.05, 3.63) is 24.0 Å². The third-order valence-corrected chi connectivity index (χ3v) is 2.77. The number of nitrogens with one attached hydrogen (secondary N) is 1. The molecule has 0 unspecified atom stereocenters. The first kappa shape index (κ1) is 13.3. The van der Waals surface area contributed by atoms with Gasteiger partial charge in [-0.2, -0.15) is 0 Å². The molecule has 0 spiro atoms. The standard InChI is InChI=1S/C13H17FN4O/c1-8(2)16-11(19)6-7-18-10-5-3-4-9(14)12(10)17-13(18)15/h3-5,8H,6-7H2,1-2H3,(H2,15,17)(H,16,19). The van der Waals surface area contributed by atoms with Crippen LogP contribution >= 0.6 is 0 Å². The average molecular weight is 264 g/mol. The lowest BCUT2D eigenvalue weighted by Crippen LogP contribution is -2.30. The summed E-state index contributed by atoms with van der Waals surface area (Å²) in [6.45, 7) is 4.17. The highest BCUT2D eigenvalue weighted by atomic mass is 19.1. The summed E-state index contributed by atoms with van der Waals surface area (Å²) in [5.41, 5.74) is 6.61. The Morgan fingerprint density at radius 1 is 1.53 bits per heavy atom. The number of halogens is 1. The largest absolute Gasteiger partial charge is 0.369 e. The molecule has 0 fully saturated rings. The molecule has 1 aromatic carbocycles. The van der Waals surface area contributed by atoms with Gasteiger partial charge in [0.1, 0.15) is 5.52 Å². The van der Waals surface area contributed by atoms with Crippen LogP contribution in [-0.2, 0) is 11.3 Å². The number of amides is 1. The Morgan fingerprint density at radius 2 is 2.26 bits per heavy atom. The highest BCUT2D eigenvalue weighted by Gasteiger charge is 2.12. The number of nitrogen functional groups attached to an aromatic ring is 1. The number of fused-ring (bicyclic) bond motifs is 1. The summed E-state index contributed by atoms with van der Waals surface area (Å²) in [5.74, 6) is -0.250. The summed E-state index contributed by atoms with van der Waals surface area (Å²) in [6.07, 6.45) is 0.282. The van der Waals surface area contributed by atoms with Crippen molar-refractivity contribution in [1.29, 1.82) is 0 Å². The second kappa shape index (κ2) is 5.26. The number of imidazole rings is 1. The number of hydrogen-bond acceptors (Lipinski definition) is 3. The van der Waals surface area contributed by atoms with E-state index in [2.05, 4.69) is 10.3 Å². The average Bonchev–Trinajstić information content (AvgIpc) is 2.63. The minimum absolute atomic E-state index is 0.0624. The van der Waals surface area contributed by atoms with Crippen LogP contribution < -0.4 is 11.1 Å². The Kier molecular flexibility index (Phi) is 3.69. The molecule has 0 radical (unpaired) electrons. The Hall–Kier alpha value is -2.11. The van der Waals surface area contributed by atoms with Gasteiger partial charge in [0.05, 0.1) is 5.52 Å². The molecule has 0 aliphatic carbocycles. The molecule has 5 nitrogen and oxygen atoms in total. The normalized spacial score (nSPS) is 11.2. The number of carbonyl (C=O) groups is 1. The highest BCUT2D eigenvalue weighted by molar-refractivity contribution is 5.80. The van der Waals surface area contributed by atoms with Crippen LogP contribution in [-0.4, -0.2) is 21.5 Å². The van der Waals surface area contributed by atoms with Crippen molar-refractivity contribution in [2.75, 3.05) is 5.73 Å². The minimum atomic E-state index is -0.408. The number of hydrogen-bond donors (Lipinski definition) is 2. The molecule has 0 bridgehead atoms. The van der Waals surface area contributed by atoms with Crippen LogP contribution in [0.2, 0.25) is 0 Å². The van der Waals surface area contributed by atoms with Gasteiger partial charge in [-0.3, -0.25) is 4.79 Å². The van der Waals surface area contributed by atoms with Crippen molar-refractivity contribution in [2.24, 2.45) is 0 Å². The smallest absolute Gasteiger partial charge is 0.221 e. The summed E-state index contributed by atoms with van der Waals surface area (Å²) in [4.78, 5) is 15.6. The fraction of sp³-hybridized carbons (Fsp3) is 0.385. The van der Waals surface area contributed by atoms with Crippen molar-refractivity contribution >= 4 is 22.9 Å². The number of anilines is 1. The third-order valence-electron chi connectivity index (χ3n) is 2.77. The summed E-state index contributed by atoms with van der Waals surface area (Å²) in [6, 6.07) is 4.78. The monoisotopic (exact) mass is 264 g/mol. The fourth-order valence-corrected chi connectivity index (χ4v) is 1.97. The van der Waals surface area contributed by atoms with Gasteiger partial charge in [0.25, 0.3) is 0 Å². The molecular formula is C13H17FN4O. The van der Waals surface area contributed by atoms with Crippen LogP contribution in [0.25, 0.3) is 11.0 Å². The number of aryl methyl sites for hydroxylation is 1. The van der Waals surface area contributed by atoms with E-state index < -0.39 is 5.82 Å². The quantitative estimate of drug-likeness (QED) is 0.882. The minimum Gasteiger partial charge on any atom is -0.369 e. The van der Waals surface area contributed by atoms with Gasteiger partial charge in [-0.1, -0.05) is 6.07 Å². The number of nitrogens with two attached hydrogens (primary N) is 1. The molecule has 0 saturated carbocycles. The number of rotatable bonds is 4. The summed E-state index contributed by atoms with van der Waals surface area (Å²) >= 11 is 0. The summed E-state index contributed by atoms with van der Waals surface area (Å²) in [5, 5.41) is 2.80. The van der Waals surface area contributed by atoms with Gasteiger partial charge >= 0.3 is 0 Å². The van der Waals surface area contributed by atoms with Gasteiger partial charge < -0.3 is 15.6 Å². The van der Waals surface area contributed by atoms with Crippen LogP contribution in [0.3, 0.4) is 0 Å². The number of carbonyl (C=O) groups excluding carboxylic acids is 1. The Balaban J connectivity index is 2.19. The maximum absolute atomic E-state index is 13.5. The maximum Gasteiger partial charge on any atom is 0.221 e. The number of nitrogens with zero attached hydrogens (tertiary/aromatic N) is 2. The van der Waals surface area contributed by atoms with Crippen molar-refractivity contribution in [1.82, 2.24) is 14.9 Å². The fourth-order valence-electron chi connectivity index (χ4n) is 1.97. The lowest BCUT2D eigenvalue weighted by Gasteiger charge is -2.09. The van der Waals surface area contributed by atoms with Gasteiger partial charge in [0.15, 0.2) is 5.82 Å². The molecule has 0 aliphatic rings. The number of para-hydroxylation sites is 1. The van der Waals surface area contributed by atoms with Crippen LogP contribution in [0.15, 0.2) is 18.2 Å². The van der Waals surface area contributed by atoms with Crippen LogP contribution in [0.1, 0.15) is 20.3 Å². The second-order valence-corrected chi connectivity index (χ2v) is 4.70. The van der Waals surface area contributed by atoms with Gasteiger partial charge in [-0.05, 0) is 26.0 Å². The Labute approximate surface area is 110 Å². The molecule has 0 aliphatic heterocycles. The van der Waals surface area contributed by atoms with Crippen LogP contribution in [0.5, 0.6) is 0 Å². The molecule has 2 aromatic rings. The first-order valence-electron chi connectivity index (χ1n) is 6.18. The molecule has 6 heteroatoms. The van der Waals surface area contributed by atoms with Crippen molar-refractivity contribution in [2.45, 2.75) is 32.9 Å². The van der Waals surface area contributed by atoms with Crippen LogP contribution in [0, 0.1) is 5.82 Å². The lowest BCUT2D eigenvalue weighted by molar-refractivity contribution is -0.121. The Morgan fingerprint density at radius 3 is 2.95 bits per heavy atom. The summed E-state index contributed by atoms with van der Waals surface area (Å²) in [7, 11) is 0. The van der Waals surface area contributed by atoms with Crippen LogP contribution in [0.4, 0.5) is 10.3 Å². The number of benzene rings is 1. The van der Waals surface area contributed by atoms with Crippen molar-refractivity contribution in [3.8, 4) is 0 Å². The van der Waals surface area contributed by atoms with E-state index in [0.717, 1.165) is 0 Å². The van der Waals surface area contributed by atoms with E-state index in [1.807, 2.05) is 13.8 Å². The molecule has 19 heavy (non-hydrogen) atoms.